The highest BCUT2D eigenvalue weighted by atomic mass is 127. The number of halogens is 2. The van der Waals surface area contributed by atoms with Gasteiger partial charge in [-0.15, -0.1) is 0 Å². The van der Waals surface area contributed by atoms with E-state index in [1.807, 2.05) is 24.3 Å². The van der Waals surface area contributed by atoms with Crippen LogP contribution in [0.5, 0.6) is 0 Å². The first kappa shape index (κ1) is 14.0. The summed E-state index contributed by atoms with van der Waals surface area (Å²) in [4.78, 5) is 11.9. The number of rotatable bonds is 4. The molecular weight excluding hydrogens is 356 g/mol. The maximum Gasteiger partial charge on any atom is 0.251 e. The van der Waals surface area contributed by atoms with Gasteiger partial charge in [0.1, 0.15) is 5.82 Å². The summed E-state index contributed by atoms with van der Waals surface area (Å²) in [6.07, 6.45) is 0.618. The molecule has 0 aliphatic carbocycles. The lowest BCUT2D eigenvalue weighted by atomic mass is 10.1. The van der Waals surface area contributed by atoms with E-state index in [0.717, 1.165) is 9.13 Å². The van der Waals surface area contributed by atoms with Gasteiger partial charge >= 0.3 is 0 Å². The molecule has 0 radical (unpaired) electrons. The van der Waals surface area contributed by atoms with Gasteiger partial charge < -0.3 is 5.32 Å². The standard InChI is InChI=1S/C15H13FINO/c16-13-5-1-3-11(9-13)7-8-18-15(19)12-4-2-6-14(17)10-12/h1-6,9-10H,7-8H2,(H,18,19). The van der Waals surface area contributed by atoms with Crippen LogP contribution in [0.15, 0.2) is 48.5 Å². The molecule has 1 amide bonds. The molecule has 0 saturated carbocycles. The van der Waals surface area contributed by atoms with Crippen LogP contribution in [-0.4, -0.2) is 12.5 Å². The SMILES string of the molecule is O=C(NCCc1cccc(F)c1)c1cccc(I)c1. The van der Waals surface area contributed by atoms with Gasteiger partial charge in [-0.05, 0) is 64.9 Å². The molecule has 4 heteroatoms. The van der Waals surface area contributed by atoms with E-state index in [9.17, 15) is 9.18 Å². The number of hydrogen-bond donors (Lipinski definition) is 1. The topological polar surface area (TPSA) is 29.1 Å². The molecule has 98 valence electrons. The van der Waals surface area contributed by atoms with Crippen LogP contribution in [0.2, 0.25) is 0 Å². The summed E-state index contributed by atoms with van der Waals surface area (Å²) in [5.41, 5.74) is 1.52. The van der Waals surface area contributed by atoms with Gasteiger partial charge in [0, 0.05) is 15.7 Å². The quantitative estimate of drug-likeness (QED) is 0.823. The minimum atomic E-state index is -0.249. The van der Waals surface area contributed by atoms with Gasteiger partial charge in [-0.25, -0.2) is 4.39 Å². The Morgan fingerprint density at radius 2 is 1.95 bits per heavy atom. The van der Waals surface area contributed by atoms with Crippen LogP contribution in [0.1, 0.15) is 15.9 Å². The Morgan fingerprint density at radius 1 is 1.16 bits per heavy atom. The number of hydrogen-bond acceptors (Lipinski definition) is 1. The Hall–Kier alpha value is -1.43. The van der Waals surface area contributed by atoms with Crippen LogP contribution in [0.25, 0.3) is 0 Å². The maximum atomic E-state index is 13.0. The molecule has 1 N–H and O–H groups in total. The fourth-order valence-electron chi connectivity index (χ4n) is 1.74. The second-order valence-electron chi connectivity index (χ2n) is 4.15. The minimum absolute atomic E-state index is 0.102. The van der Waals surface area contributed by atoms with Crippen LogP contribution < -0.4 is 5.32 Å². The molecule has 2 rings (SSSR count). The Labute approximate surface area is 125 Å². The Bertz CT molecular complexity index is 586. The summed E-state index contributed by atoms with van der Waals surface area (Å²) in [6.45, 7) is 0.494. The van der Waals surface area contributed by atoms with Gasteiger partial charge in [0.05, 0.1) is 0 Å². The monoisotopic (exact) mass is 369 g/mol. The average molecular weight is 369 g/mol. The highest BCUT2D eigenvalue weighted by molar-refractivity contribution is 14.1. The normalized spacial score (nSPS) is 10.2. The number of carbonyl (C=O) groups is 1. The van der Waals surface area contributed by atoms with Crippen molar-refractivity contribution in [1.82, 2.24) is 5.32 Å². The number of carbonyl (C=O) groups excluding carboxylic acids is 1. The molecule has 0 atom stereocenters. The van der Waals surface area contributed by atoms with Crippen LogP contribution >= 0.6 is 22.6 Å². The number of benzene rings is 2. The lowest BCUT2D eigenvalue weighted by molar-refractivity contribution is 0.0954. The smallest absolute Gasteiger partial charge is 0.251 e. The summed E-state index contributed by atoms with van der Waals surface area (Å²) < 4.78 is 14.0. The summed E-state index contributed by atoms with van der Waals surface area (Å²) in [7, 11) is 0. The number of amides is 1. The van der Waals surface area contributed by atoms with E-state index in [1.165, 1.54) is 12.1 Å². The second kappa shape index (κ2) is 6.65. The molecule has 0 unspecified atom stereocenters. The van der Waals surface area contributed by atoms with Crippen molar-refractivity contribution in [3.05, 3.63) is 69.0 Å². The third-order valence-corrected chi connectivity index (χ3v) is 3.35. The zero-order valence-electron chi connectivity index (χ0n) is 10.2. The molecule has 0 aliphatic heterocycles. The van der Waals surface area contributed by atoms with Crippen molar-refractivity contribution in [3.63, 3.8) is 0 Å². The van der Waals surface area contributed by atoms with Crippen molar-refractivity contribution in [2.45, 2.75) is 6.42 Å². The fourth-order valence-corrected chi connectivity index (χ4v) is 2.29. The van der Waals surface area contributed by atoms with E-state index in [1.54, 1.807) is 12.1 Å². The minimum Gasteiger partial charge on any atom is -0.352 e. The van der Waals surface area contributed by atoms with Crippen molar-refractivity contribution >= 4 is 28.5 Å². The molecule has 0 aliphatic rings. The van der Waals surface area contributed by atoms with E-state index < -0.39 is 0 Å². The van der Waals surface area contributed by atoms with E-state index >= 15 is 0 Å². The Kier molecular flexibility index (Phi) is 4.90. The van der Waals surface area contributed by atoms with Crippen molar-refractivity contribution in [1.29, 1.82) is 0 Å². The Morgan fingerprint density at radius 3 is 2.68 bits per heavy atom. The van der Waals surface area contributed by atoms with E-state index in [2.05, 4.69) is 27.9 Å². The molecule has 19 heavy (non-hydrogen) atoms. The van der Waals surface area contributed by atoms with E-state index in [0.29, 0.717) is 18.5 Å². The molecule has 0 saturated heterocycles. The maximum absolute atomic E-state index is 13.0. The van der Waals surface area contributed by atoms with Crippen molar-refractivity contribution in [2.24, 2.45) is 0 Å². The molecule has 2 aromatic rings. The first-order chi connectivity index (χ1) is 9.15. The summed E-state index contributed by atoms with van der Waals surface area (Å²) >= 11 is 2.17. The first-order valence-corrected chi connectivity index (χ1v) is 7.01. The molecule has 0 fully saturated rings. The molecular formula is C15H13FINO. The van der Waals surface area contributed by atoms with Gasteiger partial charge in [-0.2, -0.15) is 0 Å². The third-order valence-electron chi connectivity index (χ3n) is 2.68. The van der Waals surface area contributed by atoms with Crippen molar-refractivity contribution < 1.29 is 9.18 Å². The van der Waals surface area contributed by atoms with Crippen molar-refractivity contribution in [3.8, 4) is 0 Å². The molecule has 0 spiro atoms. The van der Waals surface area contributed by atoms with E-state index in [-0.39, 0.29) is 11.7 Å². The predicted molar refractivity (Wildman–Crippen MR) is 81.6 cm³/mol. The van der Waals surface area contributed by atoms with Gasteiger partial charge in [0.2, 0.25) is 0 Å². The van der Waals surface area contributed by atoms with Crippen LogP contribution in [0, 0.1) is 9.39 Å². The first-order valence-electron chi connectivity index (χ1n) is 5.93. The van der Waals surface area contributed by atoms with Crippen LogP contribution in [0.4, 0.5) is 4.39 Å². The Balaban J connectivity index is 1.87. The van der Waals surface area contributed by atoms with Gasteiger partial charge in [0.25, 0.3) is 5.91 Å². The van der Waals surface area contributed by atoms with E-state index in [4.69, 9.17) is 0 Å². The molecule has 0 bridgehead atoms. The summed E-state index contributed by atoms with van der Waals surface area (Å²) in [5.74, 6) is -0.351. The number of nitrogens with one attached hydrogen (secondary N) is 1. The van der Waals surface area contributed by atoms with Crippen LogP contribution in [-0.2, 0) is 6.42 Å². The van der Waals surface area contributed by atoms with Gasteiger partial charge in [0.15, 0.2) is 0 Å². The molecule has 0 aromatic heterocycles. The summed E-state index contributed by atoms with van der Waals surface area (Å²) in [5, 5.41) is 2.83. The fraction of sp³-hybridized carbons (Fsp3) is 0.133. The largest absolute Gasteiger partial charge is 0.352 e. The highest BCUT2D eigenvalue weighted by Gasteiger charge is 2.05. The predicted octanol–water partition coefficient (Wildman–Crippen LogP) is 3.40. The lowest BCUT2D eigenvalue weighted by Gasteiger charge is -2.06. The zero-order chi connectivity index (χ0) is 13.7. The van der Waals surface area contributed by atoms with Crippen molar-refractivity contribution in [2.75, 3.05) is 6.54 Å². The van der Waals surface area contributed by atoms with Gasteiger partial charge in [-0.1, -0.05) is 18.2 Å². The second-order valence-corrected chi connectivity index (χ2v) is 5.39. The molecule has 2 nitrogen and oxygen atoms in total. The molecule has 0 heterocycles. The van der Waals surface area contributed by atoms with Gasteiger partial charge in [-0.3, -0.25) is 4.79 Å². The molecule has 2 aromatic carbocycles. The third kappa shape index (κ3) is 4.31. The highest BCUT2D eigenvalue weighted by Crippen LogP contribution is 2.08. The average Bonchev–Trinajstić information content (AvgIpc) is 2.38. The summed E-state index contributed by atoms with van der Waals surface area (Å²) in [6, 6.07) is 13.8. The zero-order valence-corrected chi connectivity index (χ0v) is 12.4. The van der Waals surface area contributed by atoms with Crippen LogP contribution in [0.3, 0.4) is 0 Å². The lowest BCUT2D eigenvalue weighted by Crippen LogP contribution is -2.25.